The Kier molecular flexibility index (Phi) is 4.92. The van der Waals surface area contributed by atoms with Crippen LogP contribution in [0.25, 0.3) is 0 Å². The van der Waals surface area contributed by atoms with Gasteiger partial charge in [-0.1, -0.05) is 28.1 Å². The molecule has 0 aliphatic heterocycles. The van der Waals surface area contributed by atoms with Crippen molar-refractivity contribution >= 4 is 38.5 Å². The van der Waals surface area contributed by atoms with Gasteiger partial charge in [-0.3, -0.25) is 0 Å². The number of nitrogens with two attached hydrogens (primary N) is 1. The van der Waals surface area contributed by atoms with Crippen molar-refractivity contribution in [2.45, 2.75) is 12.5 Å². The Morgan fingerprint density at radius 2 is 1.95 bits per heavy atom. The molecule has 5 heteroatoms. The molecule has 2 N–H and O–H groups in total. The molecule has 0 saturated heterocycles. The zero-order valence-corrected chi connectivity index (χ0v) is 13.6. The highest BCUT2D eigenvalue weighted by Crippen LogP contribution is 2.26. The molecule has 0 fully saturated rings. The minimum absolute atomic E-state index is 0.260. The van der Waals surface area contributed by atoms with Gasteiger partial charge in [0.15, 0.2) is 11.6 Å². The van der Waals surface area contributed by atoms with Crippen molar-refractivity contribution < 1.29 is 8.78 Å². The number of rotatable bonds is 3. The summed E-state index contributed by atoms with van der Waals surface area (Å²) >= 11 is 5.56. The van der Waals surface area contributed by atoms with E-state index in [-0.39, 0.29) is 12.5 Å². The van der Waals surface area contributed by atoms with Gasteiger partial charge in [0, 0.05) is 14.1 Å². The highest BCUT2D eigenvalue weighted by atomic mass is 127. The van der Waals surface area contributed by atoms with Gasteiger partial charge in [-0.25, -0.2) is 8.78 Å². The zero-order valence-electron chi connectivity index (χ0n) is 9.84. The molecule has 0 aliphatic rings. The minimum atomic E-state index is -0.839. The first-order chi connectivity index (χ1) is 8.99. The van der Waals surface area contributed by atoms with Crippen LogP contribution in [0.15, 0.2) is 40.9 Å². The lowest BCUT2D eigenvalue weighted by molar-refractivity contribution is 0.494. The molecule has 19 heavy (non-hydrogen) atoms. The first-order valence-corrected chi connectivity index (χ1v) is 7.49. The number of halogens is 4. The summed E-state index contributed by atoms with van der Waals surface area (Å²) in [7, 11) is 0. The van der Waals surface area contributed by atoms with Crippen LogP contribution in [0.4, 0.5) is 8.78 Å². The van der Waals surface area contributed by atoms with Crippen molar-refractivity contribution in [2.75, 3.05) is 0 Å². The average Bonchev–Trinajstić information content (AvgIpc) is 2.38. The third kappa shape index (κ3) is 3.52. The van der Waals surface area contributed by atoms with Gasteiger partial charge in [-0.2, -0.15) is 0 Å². The Bertz CT molecular complexity index is 604. The third-order valence-electron chi connectivity index (χ3n) is 2.83. The Labute approximate surface area is 132 Å². The van der Waals surface area contributed by atoms with E-state index in [0.29, 0.717) is 5.56 Å². The number of hydrogen-bond donors (Lipinski definition) is 1. The first-order valence-electron chi connectivity index (χ1n) is 5.62. The first kappa shape index (κ1) is 14.9. The smallest absolute Gasteiger partial charge is 0.162 e. The van der Waals surface area contributed by atoms with Crippen LogP contribution in [0.5, 0.6) is 0 Å². The van der Waals surface area contributed by atoms with E-state index in [9.17, 15) is 8.78 Å². The zero-order chi connectivity index (χ0) is 14.0. The van der Waals surface area contributed by atoms with Crippen molar-refractivity contribution in [3.63, 3.8) is 0 Å². The lowest BCUT2D eigenvalue weighted by Crippen LogP contribution is -2.16. The van der Waals surface area contributed by atoms with Gasteiger partial charge in [-0.05, 0) is 64.4 Å². The van der Waals surface area contributed by atoms with Crippen molar-refractivity contribution in [2.24, 2.45) is 5.73 Å². The maximum atomic E-state index is 13.6. The molecule has 2 aromatic carbocycles. The van der Waals surface area contributed by atoms with Crippen LogP contribution in [0, 0.1) is 15.2 Å². The second-order valence-electron chi connectivity index (χ2n) is 4.19. The maximum absolute atomic E-state index is 13.6. The summed E-state index contributed by atoms with van der Waals surface area (Å²) in [5.41, 5.74) is 7.31. The Morgan fingerprint density at radius 1 is 1.21 bits per heavy atom. The summed E-state index contributed by atoms with van der Waals surface area (Å²) < 4.78 is 28.7. The quantitative estimate of drug-likeness (QED) is 0.699. The average molecular weight is 438 g/mol. The van der Waals surface area contributed by atoms with Crippen LogP contribution >= 0.6 is 38.5 Å². The Balaban J connectivity index is 2.28. The maximum Gasteiger partial charge on any atom is 0.162 e. The van der Waals surface area contributed by atoms with Crippen LogP contribution in [-0.4, -0.2) is 0 Å². The molecule has 0 spiro atoms. The molecule has 2 rings (SSSR count). The largest absolute Gasteiger partial charge is 0.324 e. The molecular formula is C14H11BrF2IN. The molecule has 0 aliphatic carbocycles. The molecule has 1 atom stereocenters. The fourth-order valence-electron chi connectivity index (χ4n) is 1.85. The normalized spacial score (nSPS) is 12.5. The summed E-state index contributed by atoms with van der Waals surface area (Å²) in [6, 6.07) is 9.54. The van der Waals surface area contributed by atoms with Crippen molar-refractivity contribution in [1.82, 2.24) is 0 Å². The van der Waals surface area contributed by atoms with Crippen LogP contribution in [-0.2, 0) is 6.42 Å². The molecular weight excluding hydrogens is 427 g/mol. The number of hydrogen-bond acceptors (Lipinski definition) is 1. The van der Waals surface area contributed by atoms with Crippen LogP contribution in [0.3, 0.4) is 0 Å². The Morgan fingerprint density at radius 3 is 2.68 bits per heavy atom. The van der Waals surface area contributed by atoms with Gasteiger partial charge in [0.25, 0.3) is 0 Å². The van der Waals surface area contributed by atoms with E-state index in [1.165, 1.54) is 6.07 Å². The highest BCUT2D eigenvalue weighted by molar-refractivity contribution is 14.1. The van der Waals surface area contributed by atoms with Gasteiger partial charge in [0.2, 0.25) is 0 Å². The monoisotopic (exact) mass is 437 g/mol. The molecule has 0 saturated carbocycles. The predicted molar refractivity (Wildman–Crippen MR) is 83.8 cm³/mol. The SMILES string of the molecule is NC(Cc1cccc(F)c1F)c1cc(Br)ccc1I. The fraction of sp³-hybridized carbons (Fsp3) is 0.143. The molecule has 100 valence electrons. The van der Waals surface area contributed by atoms with E-state index in [1.54, 1.807) is 6.07 Å². The van der Waals surface area contributed by atoms with E-state index in [1.807, 2.05) is 18.2 Å². The van der Waals surface area contributed by atoms with Crippen LogP contribution < -0.4 is 5.73 Å². The molecule has 2 aromatic rings. The third-order valence-corrected chi connectivity index (χ3v) is 4.30. The van der Waals surface area contributed by atoms with Crippen molar-refractivity contribution in [1.29, 1.82) is 0 Å². The molecule has 0 bridgehead atoms. The molecule has 1 nitrogen and oxygen atoms in total. The van der Waals surface area contributed by atoms with Gasteiger partial charge >= 0.3 is 0 Å². The lowest BCUT2D eigenvalue weighted by atomic mass is 9.99. The minimum Gasteiger partial charge on any atom is -0.324 e. The molecule has 1 unspecified atom stereocenters. The topological polar surface area (TPSA) is 26.0 Å². The summed E-state index contributed by atoms with van der Waals surface area (Å²) in [6.07, 6.45) is 0.260. The molecule has 0 amide bonds. The van der Waals surface area contributed by atoms with Gasteiger partial charge in [-0.15, -0.1) is 0 Å². The summed E-state index contributed by atoms with van der Waals surface area (Å²) in [6.45, 7) is 0. The second-order valence-corrected chi connectivity index (χ2v) is 6.27. The highest BCUT2D eigenvalue weighted by Gasteiger charge is 2.15. The predicted octanol–water partition coefficient (Wildman–Crippen LogP) is 4.57. The summed E-state index contributed by atoms with van der Waals surface area (Å²) in [4.78, 5) is 0. The summed E-state index contributed by atoms with van der Waals surface area (Å²) in [5, 5.41) is 0. The molecule has 0 radical (unpaired) electrons. The number of benzene rings is 2. The molecule has 0 aromatic heterocycles. The van der Waals surface area contributed by atoms with E-state index in [2.05, 4.69) is 38.5 Å². The fourth-order valence-corrected chi connectivity index (χ4v) is 2.97. The standard InChI is InChI=1S/C14H11BrF2IN/c15-9-4-5-12(18)10(7-9)13(19)6-8-2-1-3-11(16)14(8)17/h1-5,7,13H,6,19H2. The summed E-state index contributed by atoms with van der Waals surface area (Å²) in [5.74, 6) is -1.66. The van der Waals surface area contributed by atoms with E-state index in [4.69, 9.17) is 5.73 Å². The van der Waals surface area contributed by atoms with Crippen molar-refractivity contribution in [3.05, 3.63) is 67.2 Å². The van der Waals surface area contributed by atoms with Crippen molar-refractivity contribution in [3.8, 4) is 0 Å². The van der Waals surface area contributed by atoms with Gasteiger partial charge in [0.05, 0.1) is 0 Å². The van der Waals surface area contributed by atoms with E-state index >= 15 is 0 Å². The van der Waals surface area contributed by atoms with E-state index < -0.39 is 11.6 Å². The lowest BCUT2D eigenvalue weighted by Gasteiger charge is -2.15. The van der Waals surface area contributed by atoms with Gasteiger partial charge < -0.3 is 5.73 Å². The van der Waals surface area contributed by atoms with Crippen LogP contribution in [0.2, 0.25) is 0 Å². The van der Waals surface area contributed by atoms with E-state index in [0.717, 1.165) is 19.7 Å². The van der Waals surface area contributed by atoms with Gasteiger partial charge in [0.1, 0.15) is 0 Å². The second kappa shape index (κ2) is 6.28. The molecule has 0 heterocycles. The Hall–Kier alpha value is -0.530. The van der Waals surface area contributed by atoms with Crippen LogP contribution in [0.1, 0.15) is 17.2 Å².